The standard InChI is InChI=1S/C46H82NO9P/c1-6-8-10-12-14-16-18-20-21-23-25-27-29-31-33-37-45(49)53-41-44(42-55-57(51,52)54-40-39-47(3,4)5)56-46(50)38-34-36-43(48)35-32-30-28-26-24-22-19-17-15-13-11-9-7-2/h9,11,15,17,22,24,28,30,32,35,43-44,48H,6-8,10,12-14,16,18-21,23,25-27,29,31,33-34,36-42H2,1-5H3/b11-9-,17-15-,24-22-,30-28-,35-32+/t43?,44-/m1/s1. The highest BCUT2D eigenvalue weighted by Gasteiger charge is 2.22. The summed E-state index contributed by atoms with van der Waals surface area (Å²) in [6.45, 7) is 3.88. The molecule has 0 rings (SSSR count). The van der Waals surface area contributed by atoms with Gasteiger partial charge in [0, 0.05) is 12.8 Å². The van der Waals surface area contributed by atoms with Crippen molar-refractivity contribution in [2.24, 2.45) is 0 Å². The Morgan fingerprint density at radius 1 is 0.649 bits per heavy atom. The van der Waals surface area contributed by atoms with Crippen molar-refractivity contribution in [1.29, 1.82) is 0 Å². The summed E-state index contributed by atoms with van der Waals surface area (Å²) in [6.07, 6.45) is 41.4. The maximum Gasteiger partial charge on any atom is 0.306 e. The van der Waals surface area contributed by atoms with Crippen molar-refractivity contribution in [1.82, 2.24) is 0 Å². The van der Waals surface area contributed by atoms with Gasteiger partial charge in [-0.2, -0.15) is 0 Å². The number of phosphoric acid groups is 1. The van der Waals surface area contributed by atoms with Gasteiger partial charge in [0.1, 0.15) is 19.8 Å². The molecule has 0 aromatic carbocycles. The first kappa shape index (κ1) is 54.7. The number of hydrogen-bond acceptors (Lipinski definition) is 9. The topological polar surface area (TPSA) is 131 Å². The third kappa shape index (κ3) is 41.6. The third-order valence-corrected chi connectivity index (χ3v) is 10.1. The Morgan fingerprint density at radius 2 is 1.16 bits per heavy atom. The second-order valence-corrected chi connectivity index (χ2v) is 17.3. The van der Waals surface area contributed by atoms with Crippen LogP contribution < -0.4 is 4.89 Å². The van der Waals surface area contributed by atoms with Crippen LogP contribution in [0.15, 0.2) is 60.8 Å². The number of ether oxygens (including phenoxy) is 2. The summed E-state index contributed by atoms with van der Waals surface area (Å²) in [4.78, 5) is 37.5. The second kappa shape index (κ2) is 37.9. The van der Waals surface area contributed by atoms with Gasteiger partial charge in [0.2, 0.25) is 0 Å². The molecular formula is C46H82NO9P. The quantitative estimate of drug-likeness (QED) is 0.0161. The number of unbranched alkanes of at least 4 members (excludes halogenated alkanes) is 14. The van der Waals surface area contributed by atoms with Crippen molar-refractivity contribution in [3.05, 3.63) is 60.8 Å². The van der Waals surface area contributed by atoms with Gasteiger partial charge >= 0.3 is 11.9 Å². The first-order chi connectivity index (χ1) is 27.4. The van der Waals surface area contributed by atoms with Crippen LogP contribution in [-0.2, 0) is 32.7 Å². The van der Waals surface area contributed by atoms with Crippen molar-refractivity contribution in [3.63, 3.8) is 0 Å². The Labute approximate surface area is 348 Å². The minimum absolute atomic E-state index is 0.00647. The Bertz CT molecular complexity index is 1170. The highest BCUT2D eigenvalue weighted by atomic mass is 31.2. The van der Waals surface area contributed by atoms with E-state index in [1.165, 1.54) is 70.6 Å². The minimum Gasteiger partial charge on any atom is -0.756 e. The molecule has 11 heteroatoms. The maximum absolute atomic E-state index is 12.7. The fourth-order valence-electron chi connectivity index (χ4n) is 5.68. The van der Waals surface area contributed by atoms with Crippen molar-refractivity contribution >= 4 is 19.8 Å². The fourth-order valence-corrected chi connectivity index (χ4v) is 6.41. The molecule has 0 aliphatic carbocycles. The molecule has 0 saturated heterocycles. The maximum atomic E-state index is 12.7. The zero-order valence-corrected chi connectivity index (χ0v) is 37.5. The SMILES string of the molecule is CC/C=C\C/C=C\C/C=C\C/C=C\C=C\C(O)CCCC(=O)O[C@H](COC(=O)CCCCCCCCCCCCCCCCC)COP(=O)([O-])OCC[N+](C)(C)C. The average molecular weight is 824 g/mol. The van der Waals surface area contributed by atoms with Crippen molar-refractivity contribution in [3.8, 4) is 0 Å². The number of carbonyl (C=O) groups excluding carboxylic acids is 2. The molecule has 2 unspecified atom stereocenters. The summed E-state index contributed by atoms with van der Waals surface area (Å²) in [7, 11) is 1.04. The molecule has 0 spiro atoms. The molecule has 3 atom stereocenters. The molecule has 0 fully saturated rings. The summed E-state index contributed by atoms with van der Waals surface area (Å²) in [5.74, 6) is -1.04. The Kier molecular flexibility index (Phi) is 36.4. The van der Waals surface area contributed by atoms with E-state index in [0.29, 0.717) is 30.3 Å². The number of allylic oxidation sites excluding steroid dienone is 9. The number of phosphoric ester groups is 1. The van der Waals surface area contributed by atoms with Crippen LogP contribution in [0.2, 0.25) is 0 Å². The van der Waals surface area contributed by atoms with Crippen LogP contribution in [-0.4, -0.2) is 81.2 Å². The second-order valence-electron chi connectivity index (χ2n) is 15.9. The van der Waals surface area contributed by atoms with E-state index >= 15 is 0 Å². The number of esters is 2. The predicted octanol–water partition coefficient (Wildman–Crippen LogP) is 10.8. The van der Waals surface area contributed by atoms with E-state index in [1.54, 1.807) is 12.2 Å². The van der Waals surface area contributed by atoms with Crippen LogP contribution in [0, 0.1) is 0 Å². The first-order valence-electron chi connectivity index (χ1n) is 22.1. The van der Waals surface area contributed by atoms with Crippen molar-refractivity contribution < 1.29 is 47.2 Å². The van der Waals surface area contributed by atoms with E-state index in [1.807, 2.05) is 33.3 Å². The fraction of sp³-hybridized carbons (Fsp3) is 0.739. The molecule has 57 heavy (non-hydrogen) atoms. The lowest BCUT2D eigenvalue weighted by atomic mass is 10.0. The van der Waals surface area contributed by atoms with E-state index in [2.05, 4.69) is 50.3 Å². The molecule has 0 aromatic heterocycles. The minimum atomic E-state index is -4.68. The zero-order valence-electron chi connectivity index (χ0n) is 36.6. The smallest absolute Gasteiger partial charge is 0.306 e. The Morgan fingerprint density at radius 3 is 1.70 bits per heavy atom. The number of rotatable bonds is 39. The number of likely N-dealkylation sites (N-methyl/N-ethyl adjacent to an activating group) is 1. The van der Waals surface area contributed by atoms with E-state index in [9.17, 15) is 24.2 Å². The zero-order chi connectivity index (χ0) is 42.3. The first-order valence-corrected chi connectivity index (χ1v) is 23.6. The van der Waals surface area contributed by atoms with Gasteiger partial charge in [0.15, 0.2) is 6.10 Å². The predicted molar refractivity (Wildman–Crippen MR) is 232 cm³/mol. The number of aliphatic hydroxyl groups is 1. The Balaban J connectivity index is 4.56. The lowest BCUT2D eigenvalue weighted by Crippen LogP contribution is -2.37. The van der Waals surface area contributed by atoms with Crippen LogP contribution in [0.3, 0.4) is 0 Å². The molecule has 0 aliphatic heterocycles. The lowest BCUT2D eigenvalue weighted by molar-refractivity contribution is -0.870. The molecule has 0 saturated carbocycles. The van der Waals surface area contributed by atoms with Crippen molar-refractivity contribution in [2.75, 3.05) is 47.5 Å². The van der Waals surface area contributed by atoms with Crippen molar-refractivity contribution in [2.45, 2.75) is 174 Å². The largest absolute Gasteiger partial charge is 0.756 e. The van der Waals surface area contributed by atoms with Gasteiger partial charge in [-0.25, -0.2) is 0 Å². The third-order valence-electron chi connectivity index (χ3n) is 9.16. The molecule has 0 radical (unpaired) electrons. The summed E-state index contributed by atoms with van der Waals surface area (Å²) < 4.78 is 33.7. The van der Waals surface area contributed by atoms with Gasteiger partial charge in [0.05, 0.1) is 33.9 Å². The molecule has 330 valence electrons. The molecule has 0 aromatic rings. The lowest BCUT2D eigenvalue weighted by Gasteiger charge is -2.28. The summed E-state index contributed by atoms with van der Waals surface area (Å²) in [6, 6.07) is 0. The van der Waals surface area contributed by atoms with Crippen LogP contribution in [0.5, 0.6) is 0 Å². The highest BCUT2D eigenvalue weighted by Crippen LogP contribution is 2.38. The normalized spacial score (nSPS) is 14.7. The molecule has 0 amide bonds. The number of hydrogen-bond donors (Lipinski definition) is 1. The number of aliphatic hydroxyl groups excluding tert-OH is 1. The molecule has 0 aliphatic rings. The van der Waals surface area contributed by atoms with Gasteiger partial charge in [-0.15, -0.1) is 0 Å². The van der Waals surface area contributed by atoms with Gasteiger partial charge in [0.25, 0.3) is 7.82 Å². The highest BCUT2D eigenvalue weighted by molar-refractivity contribution is 7.45. The van der Waals surface area contributed by atoms with E-state index in [0.717, 1.165) is 44.9 Å². The summed E-state index contributed by atoms with van der Waals surface area (Å²) in [5.41, 5.74) is 0. The van der Waals surface area contributed by atoms with E-state index < -0.39 is 38.6 Å². The molecule has 10 nitrogen and oxygen atoms in total. The molecular weight excluding hydrogens is 741 g/mol. The number of carbonyl (C=O) groups is 2. The number of nitrogens with zero attached hydrogens (tertiary/aromatic N) is 1. The van der Waals surface area contributed by atoms with Gasteiger partial charge in [-0.3, -0.25) is 14.2 Å². The van der Waals surface area contributed by atoms with E-state index in [-0.39, 0.29) is 26.1 Å². The molecule has 1 N–H and O–H groups in total. The van der Waals surface area contributed by atoms with E-state index in [4.69, 9.17) is 18.5 Å². The number of quaternary nitrogens is 1. The van der Waals surface area contributed by atoms with Crippen LogP contribution in [0.1, 0.15) is 162 Å². The molecule has 0 heterocycles. The van der Waals surface area contributed by atoms with Crippen LogP contribution in [0.25, 0.3) is 0 Å². The van der Waals surface area contributed by atoms with Crippen LogP contribution in [0.4, 0.5) is 0 Å². The monoisotopic (exact) mass is 824 g/mol. The average Bonchev–Trinajstić information content (AvgIpc) is 3.15. The van der Waals surface area contributed by atoms with Gasteiger partial charge in [-0.05, 0) is 44.9 Å². The van der Waals surface area contributed by atoms with Crippen LogP contribution >= 0.6 is 7.82 Å². The Hall–Kier alpha value is -2.33. The summed E-state index contributed by atoms with van der Waals surface area (Å²) >= 11 is 0. The summed E-state index contributed by atoms with van der Waals surface area (Å²) in [5, 5.41) is 10.3. The molecule has 0 bridgehead atoms. The van der Waals surface area contributed by atoms with Gasteiger partial charge < -0.3 is 33.0 Å². The van der Waals surface area contributed by atoms with Gasteiger partial charge in [-0.1, -0.05) is 164 Å².